The zero-order valence-corrected chi connectivity index (χ0v) is 10.2. The van der Waals surface area contributed by atoms with Gasteiger partial charge in [-0.1, -0.05) is 6.92 Å². The van der Waals surface area contributed by atoms with Crippen molar-refractivity contribution in [3.8, 4) is 0 Å². The van der Waals surface area contributed by atoms with E-state index in [9.17, 15) is 9.90 Å². The summed E-state index contributed by atoms with van der Waals surface area (Å²) in [6, 6.07) is 0. The fraction of sp³-hybridized carbons (Fsp3) is 0.769. The Kier molecular flexibility index (Phi) is 2.71. The summed E-state index contributed by atoms with van der Waals surface area (Å²) in [6.07, 6.45) is 4.37. The summed E-state index contributed by atoms with van der Waals surface area (Å²) in [7, 11) is 1.61. The molecule has 1 N–H and O–H groups in total. The van der Waals surface area contributed by atoms with Gasteiger partial charge in [0.05, 0.1) is 6.10 Å². The minimum Gasteiger partial charge on any atom is -0.390 e. The number of fused-ring (bicyclic) bond motifs is 1. The van der Waals surface area contributed by atoms with Gasteiger partial charge in [0, 0.05) is 13.5 Å². The molecule has 0 aromatic carbocycles. The van der Waals surface area contributed by atoms with Crippen LogP contribution in [0.1, 0.15) is 39.5 Å². The summed E-state index contributed by atoms with van der Waals surface area (Å²) >= 11 is 0. The number of allylic oxidation sites excluding steroid dienone is 1. The zero-order valence-electron chi connectivity index (χ0n) is 10.2. The second-order valence-corrected chi connectivity index (χ2v) is 5.45. The number of methoxy groups -OCH3 is 1. The average molecular weight is 224 g/mol. The van der Waals surface area contributed by atoms with E-state index in [1.165, 1.54) is 0 Å². The molecule has 0 unspecified atom stereocenters. The highest BCUT2D eigenvalue weighted by molar-refractivity contribution is 5.92. The summed E-state index contributed by atoms with van der Waals surface area (Å²) in [5, 5.41) is 10.1. The number of rotatable bonds is 1. The molecule has 90 valence electrons. The average Bonchev–Trinajstić information content (AvgIpc) is 2.27. The maximum Gasteiger partial charge on any atom is 0.155 e. The lowest BCUT2D eigenvalue weighted by Gasteiger charge is -2.50. The first kappa shape index (κ1) is 11.8. The van der Waals surface area contributed by atoms with Crippen molar-refractivity contribution in [2.75, 3.05) is 7.11 Å². The molecule has 2 aliphatic carbocycles. The third kappa shape index (κ3) is 1.54. The summed E-state index contributed by atoms with van der Waals surface area (Å²) in [6.45, 7) is 4.06. The lowest BCUT2D eigenvalue weighted by atomic mass is 9.59. The van der Waals surface area contributed by atoms with Gasteiger partial charge in [-0.2, -0.15) is 0 Å². The molecule has 0 spiro atoms. The molecule has 0 saturated heterocycles. The minimum absolute atomic E-state index is 0.0257. The molecule has 2 rings (SSSR count). The molecule has 16 heavy (non-hydrogen) atoms. The van der Waals surface area contributed by atoms with E-state index in [1.807, 2.05) is 6.92 Å². The van der Waals surface area contributed by atoms with E-state index in [-0.39, 0.29) is 11.2 Å². The fourth-order valence-corrected chi connectivity index (χ4v) is 3.10. The van der Waals surface area contributed by atoms with Crippen molar-refractivity contribution in [2.45, 2.75) is 51.2 Å². The van der Waals surface area contributed by atoms with Crippen LogP contribution >= 0.6 is 0 Å². The predicted octanol–water partition coefficient (Wildman–Crippen LogP) is 1.84. The molecular formula is C13H20O3. The quantitative estimate of drug-likeness (QED) is 0.739. The van der Waals surface area contributed by atoms with E-state index in [0.717, 1.165) is 24.8 Å². The third-order valence-electron chi connectivity index (χ3n) is 4.44. The predicted molar refractivity (Wildman–Crippen MR) is 61.1 cm³/mol. The normalized spacial score (nSPS) is 43.9. The Balaban J connectivity index is 2.48. The first-order valence-corrected chi connectivity index (χ1v) is 5.91. The first-order chi connectivity index (χ1) is 7.42. The standard InChI is InChI=1S/C13H20O3/c1-12-6-4-9(14)8-10(12)13(2,16-3)11(15)5-7-12/h8,11,15H,4-7H2,1-3H3/t11-,12+,13-/m1/s1. The maximum atomic E-state index is 11.6. The van der Waals surface area contributed by atoms with Gasteiger partial charge in [-0.05, 0) is 43.3 Å². The molecule has 3 heteroatoms. The summed E-state index contributed by atoms with van der Waals surface area (Å²) in [5.74, 6) is 0.157. The van der Waals surface area contributed by atoms with E-state index in [4.69, 9.17) is 4.74 Å². The van der Waals surface area contributed by atoms with Crippen molar-refractivity contribution in [3.05, 3.63) is 11.6 Å². The van der Waals surface area contributed by atoms with Crippen molar-refractivity contribution < 1.29 is 14.6 Å². The van der Waals surface area contributed by atoms with Crippen LogP contribution in [0, 0.1) is 5.41 Å². The van der Waals surface area contributed by atoms with Crippen LogP contribution in [0.5, 0.6) is 0 Å². The number of hydrogen-bond donors (Lipinski definition) is 1. The van der Waals surface area contributed by atoms with Gasteiger partial charge in [0.15, 0.2) is 5.78 Å². The van der Waals surface area contributed by atoms with Crippen molar-refractivity contribution in [3.63, 3.8) is 0 Å². The third-order valence-corrected chi connectivity index (χ3v) is 4.44. The summed E-state index contributed by atoms with van der Waals surface area (Å²) in [5.41, 5.74) is 0.318. The van der Waals surface area contributed by atoms with Crippen molar-refractivity contribution >= 4 is 5.78 Å². The molecular weight excluding hydrogens is 204 g/mol. The number of aliphatic hydroxyl groups is 1. The van der Waals surface area contributed by atoms with E-state index in [0.29, 0.717) is 6.42 Å². The molecule has 0 aromatic heterocycles. The first-order valence-electron chi connectivity index (χ1n) is 5.91. The Morgan fingerprint density at radius 1 is 1.44 bits per heavy atom. The van der Waals surface area contributed by atoms with Crippen LogP contribution in [0.2, 0.25) is 0 Å². The van der Waals surface area contributed by atoms with Crippen molar-refractivity contribution in [1.29, 1.82) is 0 Å². The molecule has 2 aliphatic rings. The van der Waals surface area contributed by atoms with Crippen molar-refractivity contribution in [2.24, 2.45) is 5.41 Å². The molecule has 0 heterocycles. The number of hydrogen-bond acceptors (Lipinski definition) is 3. The molecule has 3 atom stereocenters. The van der Waals surface area contributed by atoms with Crippen LogP contribution in [0.3, 0.4) is 0 Å². The molecule has 0 amide bonds. The minimum atomic E-state index is -0.691. The molecule has 1 fully saturated rings. The van der Waals surface area contributed by atoms with E-state index < -0.39 is 11.7 Å². The number of ketones is 1. The van der Waals surface area contributed by atoms with E-state index >= 15 is 0 Å². The molecule has 0 aliphatic heterocycles. The van der Waals surface area contributed by atoms with Crippen LogP contribution < -0.4 is 0 Å². The van der Waals surface area contributed by atoms with Gasteiger partial charge >= 0.3 is 0 Å². The number of ether oxygens (including phenoxy) is 1. The van der Waals surface area contributed by atoms with Gasteiger partial charge in [-0.3, -0.25) is 4.79 Å². The Labute approximate surface area is 96.5 Å². The molecule has 0 aromatic rings. The van der Waals surface area contributed by atoms with Gasteiger partial charge < -0.3 is 9.84 Å². The van der Waals surface area contributed by atoms with Gasteiger partial charge in [0.1, 0.15) is 5.60 Å². The topological polar surface area (TPSA) is 46.5 Å². The van der Waals surface area contributed by atoms with Crippen LogP contribution in [0.15, 0.2) is 11.6 Å². The smallest absolute Gasteiger partial charge is 0.155 e. The van der Waals surface area contributed by atoms with E-state index in [2.05, 4.69) is 6.92 Å². The lowest BCUT2D eigenvalue weighted by molar-refractivity contribution is -0.121. The molecule has 3 nitrogen and oxygen atoms in total. The van der Waals surface area contributed by atoms with Gasteiger partial charge in [0.2, 0.25) is 0 Å². The van der Waals surface area contributed by atoms with Crippen LogP contribution in [-0.4, -0.2) is 29.7 Å². The summed E-state index contributed by atoms with van der Waals surface area (Å²) in [4.78, 5) is 11.6. The van der Waals surface area contributed by atoms with Crippen LogP contribution in [0.25, 0.3) is 0 Å². The highest BCUT2D eigenvalue weighted by Gasteiger charge is 2.51. The van der Waals surface area contributed by atoms with Gasteiger partial charge in [0.25, 0.3) is 0 Å². The Hall–Kier alpha value is -0.670. The van der Waals surface area contributed by atoms with Crippen LogP contribution in [-0.2, 0) is 9.53 Å². The van der Waals surface area contributed by atoms with Crippen molar-refractivity contribution in [1.82, 2.24) is 0 Å². The maximum absolute atomic E-state index is 11.6. The lowest BCUT2D eigenvalue weighted by Crippen LogP contribution is -2.53. The molecule has 0 radical (unpaired) electrons. The Morgan fingerprint density at radius 2 is 2.12 bits per heavy atom. The highest BCUT2D eigenvalue weighted by Crippen LogP contribution is 2.51. The molecule has 1 saturated carbocycles. The van der Waals surface area contributed by atoms with Gasteiger partial charge in [-0.25, -0.2) is 0 Å². The Bertz CT molecular complexity index is 347. The van der Waals surface area contributed by atoms with Gasteiger partial charge in [-0.15, -0.1) is 0 Å². The Morgan fingerprint density at radius 3 is 2.75 bits per heavy atom. The van der Waals surface area contributed by atoms with E-state index in [1.54, 1.807) is 13.2 Å². The number of aliphatic hydroxyl groups excluding tert-OH is 1. The largest absolute Gasteiger partial charge is 0.390 e. The molecule has 0 bridgehead atoms. The highest BCUT2D eigenvalue weighted by atomic mass is 16.5. The zero-order chi connectivity index (χ0) is 12.0. The summed E-state index contributed by atoms with van der Waals surface area (Å²) < 4.78 is 5.50. The second kappa shape index (κ2) is 3.67. The number of carbonyl (C=O) groups excluding carboxylic acids is 1. The number of carbonyl (C=O) groups is 1. The second-order valence-electron chi connectivity index (χ2n) is 5.45. The fourth-order valence-electron chi connectivity index (χ4n) is 3.10. The monoisotopic (exact) mass is 224 g/mol. The van der Waals surface area contributed by atoms with Crippen LogP contribution in [0.4, 0.5) is 0 Å². The SMILES string of the molecule is CO[C@]1(C)C2=CC(=O)CC[C@@]2(C)CC[C@H]1O.